The fraction of sp³-hybridized carbons (Fsp3) is 0. The van der Waals surface area contributed by atoms with Crippen molar-refractivity contribution in [2.75, 3.05) is 5.73 Å². The second kappa shape index (κ2) is 2.40. The van der Waals surface area contributed by atoms with E-state index in [0.29, 0.717) is 11.2 Å². The van der Waals surface area contributed by atoms with Crippen molar-refractivity contribution < 1.29 is 0 Å². The van der Waals surface area contributed by atoms with Gasteiger partial charge in [-0.25, -0.2) is 4.98 Å². The van der Waals surface area contributed by atoms with Gasteiger partial charge in [0.2, 0.25) is 0 Å². The lowest BCUT2D eigenvalue weighted by molar-refractivity contribution is 1.36. The van der Waals surface area contributed by atoms with Crippen LogP contribution in [0.2, 0.25) is 0 Å². The van der Waals surface area contributed by atoms with E-state index in [1.165, 1.54) is 12.1 Å². The summed E-state index contributed by atoms with van der Waals surface area (Å²) in [5, 5.41) is 8.40. The van der Waals surface area contributed by atoms with E-state index in [0.717, 1.165) is 0 Å². The maximum Gasteiger partial charge on any atom is 0.141 e. The molecule has 0 aliphatic heterocycles. The third kappa shape index (κ3) is 1.08. The van der Waals surface area contributed by atoms with Crippen LogP contribution in [-0.2, 0) is 0 Å². The summed E-state index contributed by atoms with van der Waals surface area (Å²) < 4.78 is 0. The minimum atomic E-state index is 0.183. The molecule has 1 rings (SSSR count). The highest BCUT2D eigenvalue weighted by Crippen LogP contribution is 2.01. The minimum Gasteiger partial charge on any atom is -0.383 e. The van der Waals surface area contributed by atoms with E-state index in [1.807, 2.05) is 6.07 Å². The van der Waals surface area contributed by atoms with E-state index in [1.54, 1.807) is 0 Å². The van der Waals surface area contributed by atoms with Crippen LogP contribution in [0.4, 0.5) is 5.82 Å². The van der Waals surface area contributed by atoms with Crippen LogP contribution in [0.3, 0.4) is 0 Å². The van der Waals surface area contributed by atoms with Gasteiger partial charge in [-0.05, 0) is 11.7 Å². The summed E-state index contributed by atoms with van der Waals surface area (Å²) in [5.74, 6) is 0.183. The zero-order valence-electron chi connectivity index (χ0n) is 5.20. The van der Waals surface area contributed by atoms with Crippen molar-refractivity contribution >= 4 is 19.3 Å². The maximum atomic E-state index is 8.40. The van der Waals surface area contributed by atoms with Gasteiger partial charge in [0.25, 0.3) is 0 Å². The molecule has 2 N–H and O–H groups in total. The quantitative estimate of drug-likeness (QED) is 0.472. The number of nitrogen functional groups attached to an aromatic ring is 1. The first-order chi connectivity index (χ1) is 4.74. The Morgan fingerprint density at radius 2 is 2.30 bits per heavy atom. The van der Waals surface area contributed by atoms with Gasteiger partial charge in [-0.2, -0.15) is 5.26 Å². The van der Waals surface area contributed by atoms with Gasteiger partial charge < -0.3 is 5.73 Å². The first kappa shape index (κ1) is 6.62. The largest absolute Gasteiger partial charge is 0.383 e. The lowest BCUT2D eigenvalue weighted by atomic mass is 10.0. The van der Waals surface area contributed by atoms with E-state index in [4.69, 9.17) is 18.8 Å². The molecule has 3 nitrogen and oxygen atoms in total. The molecule has 46 valence electrons. The number of hydrogen-bond donors (Lipinski definition) is 1. The van der Waals surface area contributed by atoms with Gasteiger partial charge in [0.05, 0.1) is 5.56 Å². The Morgan fingerprint density at radius 1 is 1.60 bits per heavy atom. The van der Waals surface area contributed by atoms with Gasteiger partial charge in [0.1, 0.15) is 19.7 Å². The second-order valence-electron chi connectivity index (χ2n) is 1.78. The average molecular weight is 129 g/mol. The summed E-state index contributed by atoms with van der Waals surface area (Å²) in [4.78, 5) is 3.68. The van der Waals surface area contributed by atoms with Crippen LogP contribution in [0.1, 0.15) is 5.56 Å². The molecular formula is C6H4BN3. The molecule has 10 heavy (non-hydrogen) atoms. The predicted molar refractivity (Wildman–Crippen MR) is 38.8 cm³/mol. The molecule has 0 fully saturated rings. The third-order valence-electron chi connectivity index (χ3n) is 1.07. The van der Waals surface area contributed by atoms with Gasteiger partial charge in [-0.3, -0.25) is 0 Å². The molecule has 0 saturated carbocycles. The summed E-state index contributed by atoms with van der Waals surface area (Å²) in [6.45, 7) is 0. The third-order valence-corrected chi connectivity index (χ3v) is 1.07. The molecule has 0 amide bonds. The van der Waals surface area contributed by atoms with E-state index >= 15 is 0 Å². The summed E-state index contributed by atoms with van der Waals surface area (Å²) in [5.41, 5.74) is 6.00. The van der Waals surface area contributed by atoms with E-state index in [9.17, 15) is 0 Å². The number of aromatic nitrogens is 1. The average Bonchev–Trinajstić information content (AvgIpc) is 1.88. The number of pyridine rings is 1. The van der Waals surface area contributed by atoms with Gasteiger partial charge in [0.15, 0.2) is 0 Å². The number of nitriles is 1. The van der Waals surface area contributed by atoms with Crippen molar-refractivity contribution in [3.63, 3.8) is 0 Å². The molecular weight excluding hydrogens is 125 g/mol. The Morgan fingerprint density at radius 3 is 2.80 bits per heavy atom. The highest BCUT2D eigenvalue weighted by molar-refractivity contribution is 6.30. The molecule has 0 aromatic carbocycles. The molecule has 0 aliphatic carbocycles. The van der Waals surface area contributed by atoms with Gasteiger partial charge >= 0.3 is 0 Å². The maximum absolute atomic E-state index is 8.40. The molecule has 0 bridgehead atoms. The molecule has 1 heterocycles. The Hall–Kier alpha value is -1.50. The van der Waals surface area contributed by atoms with Crippen molar-refractivity contribution in [2.45, 2.75) is 0 Å². The van der Waals surface area contributed by atoms with Crippen LogP contribution in [0.5, 0.6) is 0 Å². The van der Waals surface area contributed by atoms with Crippen molar-refractivity contribution in [2.24, 2.45) is 0 Å². The fourth-order valence-corrected chi connectivity index (χ4v) is 0.585. The Kier molecular flexibility index (Phi) is 1.59. The molecule has 2 radical (unpaired) electrons. The van der Waals surface area contributed by atoms with Crippen LogP contribution in [-0.4, -0.2) is 12.8 Å². The highest BCUT2D eigenvalue weighted by Gasteiger charge is 1.96. The summed E-state index contributed by atoms with van der Waals surface area (Å²) in [6.07, 6.45) is 0. The van der Waals surface area contributed by atoms with Crippen LogP contribution in [0, 0.1) is 11.3 Å². The number of nitrogens with two attached hydrogens (primary N) is 1. The molecule has 1 aromatic rings. The Balaban J connectivity index is 3.23. The van der Waals surface area contributed by atoms with Crippen LogP contribution >= 0.6 is 0 Å². The highest BCUT2D eigenvalue weighted by atomic mass is 14.8. The van der Waals surface area contributed by atoms with Gasteiger partial charge in [0, 0.05) is 0 Å². The molecule has 0 saturated heterocycles. The number of nitrogens with zero attached hydrogens (tertiary/aromatic N) is 2. The normalized spacial score (nSPS) is 8.70. The smallest absolute Gasteiger partial charge is 0.141 e. The molecule has 1 aromatic heterocycles. The molecule has 0 atom stereocenters. The van der Waals surface area contributed by atoms with Crippen molar-refractivity contribution in [1.82, 2.24) is 4.98 Å². The van der Waals surface area contributed by atoms with E-state index in [-0.39, 0.29) is 5.82 Å². The second-order valence-corrected chi connectivity index (χ2v) is 1.78. The first-order valence-electron chi connectivity index (χ1n) is 2.66. The zero-order chi connectivity index (χ0) is 7.56. The lowest BCUT2D eigenvalue weighted by Crippen LogP contribution is -2.10. The standard InChI is InChI=1S/C6H4BN3/c7-5-2-1-4(3-8)6(9)10-5/h1-2H,(H2,9,10). The Labute approximate surface area is 59.9 Å². The Bertz CT molecular complexity index is 290. The molecule has 4 heteroatoms. The SMILES string of the molecule is [B]c1ccc(C#N)c(N)n1. The number of rotatable bonds is 0. The van der Waals surface area contributed by atoms with Crippen LogP contribution in [0.25, 0.3) is 0 Å². The van der Waals surface area contributed by atoms with E-state index in [2.05, 4.69) is 4.98 Å². The van der Waals surface area contributed by atoms with Crippen LogP contribution in [0.15, 0.2) is 12.1 Å². The molecule has 0 unspecified atom stereocenters. The summed E-state index contributed by atoms with van der Waals surface area (Å²) >= 11 is 0. The van der Waals surface area contributed by atoms with Crippen molar-refractivity contribution in [3.05, 3.63) is 17.7 Å². The van der Waals surface area contributed by atoms with Crippen molar-refractivity contribution in [1.29, 1.82) is 5.26 Å². The molecule has 0 spiro atoms. The minimum absolute atomic E-state index is 0.183. The first-order valence-corrected chi connectivity index (χ1v) is 2.66. The van der Waals surface area contributed by atoms with Gasteiger partial charge in [-0.15, -0.1) is 0 Å². The van der Waals surface area contributed by atoms with Crippen molar-refractivity contribution in [3.8, 4) is 6.07 Å². The van der Waals surface area contributed by atoms with Gasteiger partial charge in [-0.1, -0.05) is 6.07 Å². The number of hydrogen-bond acceptors (Lipinski definition) is 3. The summed E-state index contributed by atoms with van der Waals surface area (Å²) in [7, 11) is 5.28. The zero-order valence-corrected chi connectivity index (χ0v) is 5.20. The lowest BCUT2D eigenvalue weighted by Gasteiger charge is -1.95. The predicted octanol–water partition coefficient (Wildman–Crippen LogP) is -0.671. The monoisotopic (exact) mass is 129 g/mol. The fourth-order valence-electron chi connectivity index (χ4n) is 0.585. The van der Waals surface area contributed by atoms with E-state index < -0.39 is 0 Å². The topological polar surface area (TPSA) is 62.7 Å². The van der Waals surface area contributed by atoms with Crippen LogP contribution < -0.4 is 11.3 Å². The molecule has 0 aliphatic rings. The number of anilines is 1. The summed E-state index contributed by atoms with van der Waals surface area (Å²) in [6, 6.07) is 4.96.